The van der Waals surface area contributed by atoms with Gasteiger partial charge in [-0.3, -0.25) is 9.36 Å². The van der Waals surface area contributed by atoms with Crippen molar-refractivity contribution in [3.8, 4) is 0 Å². The van der Waals surface area contributed by atoms with Crippen LogP contribution in [0.1, 0.15) is 44.4 Å². The highest BCUT2D eigenvalue weighted by molar-refractivity contribution is 7.62. The molecule has 7 nitrogen and oxygen atoms in total. The molecule has 0 saturated carbocycles. The monoisotopic (exact) mass is 519 g/mol. The number of fused-ring (bicyclic) bond motifs is 1. The van der Waals surface area contributed by atoms with Gasteiger partial charge in [-0.2, -0.15) is 0 Å². The lowest BCUT2D eigenvalue weighted by molar-refractivity contribution is -0.110. The standard InChI is InChI=1S/C29H34N3O4P/c1-5-35-37(34,36-6-2)24-16-17-26-25(18-24)27(29(33)32-26)28(22-10-8-7-9-11-22)31-23-14-12-21(13-15-23)19-30-20(3)4/h7-18,20,30-31H,5-6,19H2,1-4H3,(H,32,33). The first-order chi connectivity index (χ1) is 17.8. The molecule has 0 fully saturated rings. The van der Waals surface area contributed by atoms with Crippen LogP contribution >= 0.6 is 7.60 Å². The van der Waals surface area contributed by atoms with Gasteiger partial charge in [0.1, 0.15) is 0 Å². The number of carbonyl (C=O) groups is 1. The summed E-state index contributed by atoms with van der Waals surface area (Å²) in [5.41, 5.74) is 5.29. The van der Waals surface area contributed by atoms with Crippen LogP contribution in [-0.4, -0.2) is 25.2 Å². The molecule has 0 aliphatic carbocycles. The summed E-state index contributed by atoms with van der Waals surface area (Å²) in [5, 5.41) is 10.3. The highest BCUT2D eigenvalue weighted by Crippen LogP contribution is 2.48. The highest BCUT2D eigenvalue weighted by Gasteiger charge is 2.33. The summed E-state index contributed by atoms with van der Waals surface area (Å²) in [4.78, 5) is 13.3. The van der Waals surface area contributed by atoms with Crippen molar-refractivity contribution in [3.05, 3.63) is 89.5 Å². The predicted octanol–water partition coefficient (Wildman–Crippen LogP) is 6.01. The number of anilines is 2. The molecule has 0 unspecified atom stereocenters. The maximum absolute atomic E-state index is 13.5. The normalized spacial score (nSPS) is 14.5. The fourth-order valence-corrected chi connectivity index (χ4v) is 5.75. The topological polar surface area (TPSA) is 88.7 Å². The summed E-state index contributed by atoms with van der Waals surface area (Å²) in [6, 6.07) is 23.4. The molecule has 8 heteroatoms. The summed E-state index contributed by atoms with van der Waals surface area (Å²) in [7, 11) is -3.53. The van der Waals surface area contributed by atoms with Crippen LogP contribution in [0.2, 0.25) is 0 Å². The Morgan fingerprint density at radius 1 is 0.946 bits per heavy atom. The molecular weight excluding hydrogens is 485 g/mol. The minimum Gasteiger partial charge on any atom is -0.354 e. The molecule has 1 amide bonds. The van der Waals surface area contributed by atoms with Gasteiger partial charge in [-0.05, 0) is 55.3 Å². The number of hydrogen-bond acceptors (Lipinski definition) is 6. The fourth-order valence-electron chi connectivity index (χ4n) is 4.16. The van der Waals surface area contributed by atoms with E-state index in [1.807, 2.05) is 42.5 Å². The van der Waals surface area contributed by atoms with Gasteiger partial charge in [0.05, 0.1) is 29.8 Å². The number of hydrogen-bond donors (Lipinski definition) is 3. The fraction of sp³-hybridized carbons (Fsp3) is 0.276. The van der Waals surface area contributed by atoms with Crippen LogP contribution in [-0.2, 0) is 25.0 Å². The Kier molecular flexibility index (Phi) is 8.62. The van der Waals surface area contributed by atoms with E-state index < -0.39 is 7.60 Å². The zero-order chi connectivity index (χ0) is 26.4. The molecule has 4 rings (SSSR count). The second kappa shape index (κ2) is 11.9. The Morgan fingerprint density at radius 2 is 1.62 bits per heavy atom. The summed E-state index contributed by atoms with van der Waals surface area (Å²) in [6.45, 7) is 9.05. The molecule has 3 aromatic carbocycles. The van der Waals surface area contributed by atoms with Crippen molar-refractivity contribution >= 4 is 41.5 Å². The van der Waals surface area contributed by atoms with Crippen molar-refractivity contribution in [3.63, 3.8) is 0 Å². The quantitative estimate of drug-likeness (QED) is 0.212. The van der Waals surface area contributed by atoms with Crippen molar-refractivity contribution in [1.82, 2.24) is 5.32 Å². The maximum Gasteiger partial charge on any atom is 0.361 e. The number of amides is 1. The minimum atomic E-state index is -3.53. The molecule has 0 atom stereocenters. The van der Waals surface area contributed by atoms with Crippen LogP contribution in [0.25, 0.3) is 11.3 Å². The third kappa shape index (κ3) is 6.20. The first-order valence-electron chi connectivity index (χ1n) is 12.6. The summed E-state index contributed by atoms with van der Waals surface area (Å²) < 4.78 is 24.6. The van der Waals surface area contributed by atoms with Crippen LogP contribution in [0.4, 0.5) is 11.4 Å². The Balaban J connectivity index is 1.79. The van der Waals surface area contributed by atoms with Crippen LogP contribution in [0.15, 0.2) is 72.8 Å². The van der Waals surface area contributed by atoms with E-state index in [0.717, 1.165) is 17.8 Å². The number of nitrogens with one attached hydrogen (secondary N) is 3. The third-order valence-electron chi connectivity index (χ3n) is 5.91. The molecule has 194 valence electrons. The van der Waals surface area contributed by atoms with Crippen molar-refractivity contribution in [2.75, 3.05) is 23.8 Å². The number of carbonyl (C=O) groups excluding carboxylic acids is 1. The van der Waals surface area contributed by atoms with Gasteiger partial charge in [0.25, 0.3) is 5.91 Å². The Morgan fingerprint density at radius 3 is 2.24 bits per heavy atom. The first-order valence-corrected chi connectivity index (χ1v) is 14.1. The SMILES string of the molecule is CCOP(=O)(OCC)c1ccc2c(c1)C(=C(Nc1ccc(CNC(C)C)cc1)c1ccccc1)C(=O)N2. The molecular formula is C29H34N3O4P. The zero-order valence-corrected chi connectivity index (χ0v) is 22.6. The van der Waals surface area contributed by atoms with E-state index in [2.05, 4.69) is 41.9 Å². The molecule has 37 heavy (non-hydrogen) atoms. The van der Waals surface area contributed by atoms with Gasteiger partial charge in [0.15, 0.2) is 0 Å². The largest absolute Gasteiger partial charge is 0.361 e. The Bertz CT molecular complexity index is 1310. The van der Waals surface area contributed by atoms with E-state index in [-0.39, 0.29) is 19.1 Å². The van der Waals surface area contributed by atoms with E-state index in [1.54, 1.807) is 32.0 Å². The van der Waals surface area contributed by atoms with Gasteiger partial charge >= 0.3 is 7.60 Å². The molecule has 0 saturated heterocycles. The number of benzene rings is 3. The predicted molar refractivity (Wildman–Crippen MR) is 151 cm³/mol. The van der Waals surface area contributed by atoms with Crippen LogP contribution < -0.4 is 21.3 Å². The average molecular weight is 520 g/mol. The van der Waals surface area contributed by atoms with Crippen molar-refractivity contribution < 1.29 is 18.4 Å². The molecule has 0 aromatic heterocycles. The van der Waals surface area contributed by atoms with Gasteiger partial charge in [-0.15, -0.1) is 0 Å². The molecule has 0 spiro atoms. The average Bonchev–Trinajstić information content (AvgIpc) is 3.22. The molecule has 1 heterocycles. The Labute approximate surface area is 218 Å². The van der Waals surface area contributed by atoms with Gasteiger partial charge in [0, 0.05) is 29.5 Å². The van der Waals surface area contributed by atoms with Gasteiger partial charge in [-0.25, -0.2) is 0 Å². The lowest BCUT2D eigenvalue weighted by Gasteiger charge is -2.18. The smallest absolute Gasteiger partial charge is 0.354 e. The van der Waals surface area contributed by atoms with E-state index in [4.69, 9.17) is 9.05 Å². The van der Waals surface area contributed by atoms with Gasteiger partial charge in [-0.1, -0.05) is 56.3 Å². The minimum absolute atomic E-state index is 0.237. The second-order valence-corrected chi connectivity index (χ2v) is 11.0. The summed E-state index contributed by atoms with van der Waals surface area (Å²) in [5.74, 6) is -0.237. The summed E-state index contributed by atoms with van der Waals surface area (Å²) in [6.07, 6.45) is 0. The molecule has 1 aliphatic heterocycles. The third-order valence-corrected chi connectivity index (χ3v) is 8.02. The van der Waals surface area contributed by atoms with Gasteiger partial charge < -0.3 is 25.0 Å². The molecule has 0 radical (unpaired) electrons. The highest BCUT2D eigenvalue weighted by atomic mass is 31.2. The lowest BCUT2D eigenvalue weighted by atomic mass is 10.00. The second-order valence-electron chi connectivity index (χ2n) is 8.99. The van der Waals surface area contributed by atoms with E-state index in [0.29, 0.717) is 33.9 Å². The molecule has 0 bridgehead atoms. The molecule has 3 N–H and O–H groups in total. The van der Waals surface area contributed by atoms with Crippen LogP contribution in [0.3, 0.4) is 0 Å². The van der Waals surface area contributed by atoms with E-state index in [9.17, 15) is 9.36 Å². The Hall–Kier alpha value is -3.22. The van der Waals surface area contributed by atoms with E-state index in [1.165, 1.54) is 5.56 Å². The van der Waals surface area contributed by atoms with Crippen molar-refractivity contribution in [1.29, 1.82) is 0 Å². The van der Waals surface area contributed by atoms with E-state index >= 15 is 0 Å². The van der Waals surface area contributed by atoms with Crippen molar-refractivity contribution in [2.45, 2.75) is 40.3 Å². The molecule has 1 aliphatic rings. The van der Waals surface area contributed by atoms with Crippen molar-refractivity contribution in [2.24, 2.45) is 0 Å². The molecule has 3 aromatic rings. The maximum atomic E-state index is 13.5. The number of rotatable bonds is 11. The zero-order valence-electron chi connectivity index (χ0n) is 21.7. The van der Waals surface area contributed by atoms with Crippen LogP contribution in [0, 0.1) is 0 Å². The lowest BCUT2D eigenvalue weighted by Crippen LogP contribution is -2.21. The summed E-state index contributed by atoms with van der Waals surface area (Å²) >= 11 is 0. The first kappa shape index (κ1) is 26.8. The van der Waals surface area contributed by atoms with Crippen LogP contribution in [0.5, 0.6) is 0 Å². The van der Waals surface area contributed by atoms with Gasteiger partial charge in [0.2, 0.25) is 0 Å².